The monoisotopic (exact) mass is 455 g/mol. The number of nitrogens with one attached hydrogen (secondary N) is 1. The summed E-state index contributed by atoms with van der Waals surface area (Å²) in [4.78, 5) is 33.1. The van der Waals surface area contributed by atoms with Crippen molar-refractivity contribution in [3.05, 3.63) is 76.2 Å². The molecule has 0 atom stereocenters. The molecule has 1 aromatic heterocycles. The molecule has 0 saturated heterocycles. The van der Waals surface area contributed by atoms with Gasteiger partial charge in [0.2, 0.25) is 15.7 Å². The minimum Gasteiger partial charge on any atom is -0.311 e. The summed E-state index contributed by atoms with van der Waals surface area (Å²) < 4.78 is 25.5. The van der Waals surface area contributed by atoms with Gasteiger partial charge in [-0.15, -0.1) is 0 Å². The van der Waals surface area contributed by atoms with Crippen molar-refractivity contribution in [3.8, 4) is 0 Å². The first kappa shape index (κ1) is 21.3. The topological polar surface area (TPSA) is 100 Å². The maximum atomic E-state index is 12.7. The van der Waals surface area contributed by atoms with E-state index in [9.17, 15) is 18.0 Å². The Balaban J connectivity index is 1.49. The summed E-state index contributed by atoms with van der Waals surface area (Å²) in [7, 11) is -3.98. The maximum absolute atomic E-state index is 12.7. The van der Waals surface area contributed by atoms with E-state index in [1.807, 2.05) is 31.2 Å². The van der Waals surface area contributed by atoms with Crippen molar-refractivity contribution < 1.29 is 13.2 Å². The summed E-state index contributed by atoms with van der Waals surface area (Å²) in [6.45, 7) is 2.49. The molecule has 1 N–H and O–H groups in total. The van der Waals surface area contributed by atoms with Crippen molar-refractivity contribution >= 4 is 33.2 Å². The van der Waals surface area contributed by atoms with Gasteiger partial charge in [0.25, 0.3) is 5.56 Å². The second-order valence-electron chi connectivity index (χ2n) is 7.26. The number of para-hydroxylation sites is 1. The fraction of sp³-hybridized carbons (Fsp3) is 0.227. The Morgan fingerprint density at radius 1 is 1.16 bits per heavy atom. The molecule has 0 bridgehead atoms. The van der Waals surface area contributed by atoms with E-state index in [0.29, 0.717) is 6.54 Å². The lowest BCUT2D eigenvalue weighted by Crippen LogP contribution is -2.36. The largest absolute Gasteiger partial charge is 0.311 e. The van der Waals surface area contributed by atoms with E-state index < -0.39 is 20.3 Å². The zero-order valence-corrected chi connectivity index (χ0v) is 18.5. The van der Waals surface area contributed by atoms with Crippen LogP contribution in [0.1, 0.15) is 17.5 Å². The van der Waals surface area contributed by atoms with Crippen LogP contribution in [0.3, 0.4) is 0 Å². The summed E-state index contributed by atoms with van der Waals surface area (Å²) >= 11 is 1.08. The number of aromatic amines is 1. The van der Waals surface area contributed by atoms with Crippen LogP contribution in [-0.4, -0.2) is 36.6 Å². The number of benzene rings is 2. The number of hydrogen-bond donors (Lipinski definition) is 1. The number of hydrogen-bond acceptors (Lipinski definition) is 6. The van der Waals surface area contributed by atoms with E-state index in [-0.39, 0.29) is 21.7 Å². The second-order valence-corrected chi connectivity index (χ2v) is 10.1. The zero-order valence-electron chi connectivity index (χ0n) is 16.9. The maximum Gasteiger partial charge on any atom is 0.270 e. The van der Waals surface area contributed by atoms with Crippen LogP contribution >= 0.6 is 11.8 Å². The Labute approximate surface area is 184 Å². The first-order chi connectivity index (χ1) is 14.9. The summed E-state index contributed by atoms with van der Waals surface area (Å²) in [5.74, 6) is -0.00224. The number of H-pyrrole nitrogens is 1. The van der Waals surface area contributed by atoms with Crippen molar-refractivity contribution in [2.45, 2.75) is 34.7 Å². The third kappa shape index (κ3) is 4.42. The standard InChI is InChI=1S/C22H21N3O4S2/c1-15-8-10-17(11-9-15)31(28,29)19-13-23-22(24-21(19)27)30-14-20(26)25-12-4-6-16-5-2-3-7-18(16)25/h2-3,5,7-11,13H,4,6,12,14H2,1H3,(H,23,24,27). The average molecular weight is 456 g/mol. The van der Waals surface area contributed by atoms with Crippen molar-refractivity contribution in [3.63, 3.8) is 0 Å². The lowest BCUT2D eigenvalue weighted by Gasteiger charge is -2.29. The quantitative estimate of drug-likeness (QED) is 0.469. The molecular formula is C22H21N3O4S2. The molecule has 9 heteroatoms. The van der Waals surface area contributed by atoms with E-state index in [1.165, 1.54) is 12.1 Å². The predicted octanol–water partition coefficient (Wildman–Crippen LogP) is 2.98. The van der Waals surface area contributed by atoms with E-state index in [2.05, 4.69) is 9.97 Å². The molecule has 1 aliphatic heterocycles. The van der Waals surface area contributed by atoms with E-state index >= 15 is 0 Å². The SMILES string of the molecule is Cc1ccc(S(=O)(=O)c2cnc(SCC(=O)N3CCCc4ccccc43)[nH]c2=O)cc1. The molecule has 2 heterocycles. The molecule has 0 spiro atoms. The van der Waals surface area contributed by atoms with Gasteiger partial charge in [0.05, 0.1) is 16.8 Å². The molecule has 7 nitrogen and oxygen atoms in total. The number of aryl methyl sites for hydroxylation is 2. The summed E-state index contributed by atoms with van der Waals surface area (Å²) in [5.41, 5.74) is 2.22. The average Bonchev–Trinajstić information content (AvgIpc) is 2.77. The first-order valence-corrected chi connectivity index (χ1v) is 12.3. The van der Waals surface area contributed by atoms with Gasteiger partial charge in [-0.3, -0.25) is 9.59 Å². The second kappa shape index (κ2) is 8.68. The molecule has 0 saturated carbocycles. The summed E-state index contributed by atoms with van der Waals surface area (Å²) in [6.07, 6.45) is 2.89. The van der Waals surface area contributed by atoms with Gasteiger partial charge in [-0.2, -0.15) is 0 Å². The molecule has 3 aromatic rings. The van der Waals surface area contributed by atoms with Gasteiger partial charge in [0.1, 0.15) is 0 Å². The highest BCUT2D eigenvalue weighted by atomic mass is 32.2. The van der Waals surface area contributed by atoms with Gasteiger partial charge >= 0.3 is 0 Å². The van der Waals surface area contributed by atoms with Crippen LogP contribution in [-0.2, 0) is 21.1 Å². The zero-order chi connectivity index (χ0) is 22.0. The van der Waals surface area contributed by atoms with Crippen LogP contribution in [0.5, 0.6) is 0 Å². The van der Waals surface area contributed by atoms with Gasteiger partial charge in [0, 0.05) is 12.2 Å². The molecule has 0 aliphatic carbocycles. The summed E-state index contributed by atoms with van der Waals surface area (Å²) in [5, 5.41) is 0.200. The first-order valence-electron chi connectivity index (χ1n) is 9.78. The van der Waals surface area contributed by atoms with E-state index in [0.717, 1.165) is 47.6 Å². The Hall–Kier alpha value is -2.91. The number of anilines is 1. The third-order valence-electron chi connectivity index (χ3n) is 5.11. The van der Waals surface area contributed by atoms with Gasteiger partial charge in [-0.25, -0.2) is 13.4 Å². The Morgan fingerprint density at radius 3 is 2.65 bits per heavy atom. The molecule has 160 valence electrons. The number of amides is 1. The number of carbonyl (C=O) groups excluding carboxylic acids is 1. The molecule has 0 unspecified atom stereocenters. The van der Waals surface area contributed by atoms with Crippen molar-refractivity contribution in [2.75, 3.05) is 17.2 Å². The number of aromatic nitrogens is 2. The van der Waals surface area contributed by atoms with Gasteiger partial charge in [-0.05, 0) is 43.5 Å². The summed E-state index contributed by atoms with van der Waals surface area (Å²) in [6, 6.07) is 14.1. The highest BCUT2D eigenvalue weighted by Crippen LogP contribution is 2.28. The molecule has 0 fully saturated rings. The fourth-order valence-corrected chi connectivity index (χ4v) is 5.42. The minimum atomic E-state index is -3.98. The Bertz CT molecular complexity index is 1280. The smallest absolute Gasteiger partial charge is 0.270 e. The van der Waals surface area contributed by atoms with Crippen LogP contribution in [0, 0.1) is 6.92 Å². The number of carbonyl (C=O) groups is 1. The Kier molecular flexibility index (Phi) is 5.97. The van der Waals surface area contributed by atoms with Crippen molar-refractivity contribution in [1.82, 2.24) is 9.97 Å². The number of rotatable bonds is 5. The fourth-order valence-electron chi connectivity index (χ4n) is 3.48. The molecule has 31 heavy (non-hydrogen) atoms. The van der Waals surface area contributed by atoms with Crippen LogP contribution in [0.25, 0.3) is 0 Å². The van der Waals surface area contributed by atoms with Crippen LogP contribution in [0.15, 0.2) is 74.5 Å². The minimum absolute atomic E-state index is 0.0322. The lowest BCUT2D eigenvalue weighted by molar-refractivity contribution is -0.116. The predicted molar refractivity (Wildman–Crippen MR) is 119 cm³/mol. The molecule has 0 radical (unpaired) electrons. The lowest BCUT2D eigenvalue weighted by atomic mass is 10.0. The van der Waals surface area contributed by atoms with Crippen molar-refractivity contribution in [2.24, 2.45) is 0 Å². The molecule has 2 aromatic carbocycles. The van der Waals surface area contributed by atoms with Gasteiger partial charge in [-0.1, -0.05) is 47.7 Å². The number of nitrogens with zero attached hydrogens (tertiary/aromatic N) is 2. The highest BCUT2D eigenvalue weighted by molar-refractivity contribution is 7.99. The van der Waals surface area contributed by atoms with Gasteiger partial charge < -0.3 is 9.88 Å². The van der Waals surface area contributed by atoms with Crippen LogP contribution in [0.2, 0.25) is 0 Å². The van der Waals surface area contributed by atoms with Gasteiger partial charge in [0.15, 0.2) is 10.1 Å². The molecule has 1 amide bonds. The normalized spacial score (nSPS) is 13.6. The van der Waals surface area contributed by atoms with E-state index in [1.54, 1.807) is 17.0 Å². The van der Waals surface area contributed by atoms with Crippen molar-refractivity contribution in [1.29, 1.82) is 0 Å². The number of thioether (sulfide) groups is 1. The Morgan fingerprint density at radius 2 is 1.90 bits per heavy atom. The highest BCUT2D eigenvalue weighted by Gasteiger charge is 2.24. The molecule has 1 aliphatic rings. The van der Waals surface area contributed by atoms with Crippen LogP contribution in [0.4, 0.5) is 5.69 Å². The van der Waals surface area contributed by atoms with Crippen LogP contribution < -0.4 is 10.5 Å². The number of sulfone groups is 1. The molecule has 4 rings (SSSR count). The molecular weight excluding hydrogens is 434 g/mol. The third-order valence-corrected chi connectivity index (χ3v) is 7.74. The van der Waals surface area contributed by atoms with E-state index in [4.69, 9.17) is 0 Å². The number of fused-ring (bicyclic) bond motifs is 1.